The summed E-state index contributed by atoms with van der Waals surface area (Å²) in [4.78, 5) is 25.0. The molecule has 0 aliphatic carbocycles. The Morgan fingerprint density at radius 3 is 0.600 bits per heavy atom. The zero-order chi connectivity index (χ0) is 10.7. The summed E-state index contributed by atoms with van der Waals surface area (Å²) in [6.45, 7) is 0. The van der Waals surface area contributed by atoms with Crippen LogP contribution in [0.1, 0.15) is 0 Å². The molecule has 0 atom stereocenters. The summed E-state index contributed by atoms with van der Waals surface area (Å²) < 4.78 is 0. The number of carbonyl (C=O) groups is 3. The molecule has 15 heavy (non-hydrogen) atoms. The second kappa shape index (κ2) is 29.2. The quantitative estimate of drug-likeness (QED) is 0.374. The molecule has 12 heteroatoms. The molecule has 0 spiro atoms. The van der Waals surface area contributed by atoms with Crippen LogP contribution in [0.3, 0.4) is 0 Å². The first-order valence-electron chi connectivity index (χ1n) is 1.84. The molecule has 0 heterocycles. The first kappa shape index (κ1) is 36.6. The van der Waals surface area contributed by atoms with E-state index in [2.05, 4.69) is 0 Å². The van der Waals surface area contributed by atoms with Crippen molar-refractivity contribution in [1.29, 1.82) is 0 Å². The summed E-state index contributed by atoms with van der Waals surface area (Å²) in [5.41, 5.74) is 0. The Bertz CT molecular complexity index is 123. The smallest absolute Gasteiger partial charge is 0.652 e. The van der Waals surface area contributed by atoms with Crippen molar-refractivity contribution >= 4 is 18.5 Å². The van der Waals surface area contributed by atoms with Crippen LogP contribution in [0.2, 0.25) is 0 Å². The SMILES string of the molecule is O=C([O-])[O-].O=C([O-])[O-].O=C([O-])[O-].[Co+2].[Cu+2].[Zn+2]. The second-order valence-corrected chi connectivity index (χ2v) is 0.750. The average molecular weight is 368 g/mol. The Kier molecular flexibility index (Phi) is 71.2. The molecule has 0 saturated heterocycles. The third-order valence-corrected chi connectivity index (χ3v) is 0. The number of carboxylic acid groups (broad SMARTS) is 6. The van der Waals surface area contributed by atoms with Gasteiger partial charge in [0.05, 0.1) is 0 Å². The molecule has 0 aromatic carbocycles. The first-order chi connectivity index (χ1) is 5.20. The van der Waals surface area contributed by atoms with Crippen LogP contribution in [0.5, 0.6) is 0 Å². The summed E-state index contributed by atoms with van der Waals surface area (Å²) in [6.07, 6.45) is -7.00. The van der Waals surface area contributed by atoms with E-state index in [1.54, 1.807) is 0 Å². The molecule has 9 nitrogen and oxygen atoms in total. The molecule has 0 aliphatic rings. The maximum absolute atomic E-state index is 8.33. The molecular formula is C3CoCuO9Zn. The minimum Gasteiger partial charge on any atom is -0.652 e. The summed E-state index contributed by atoms with van der Waals surface area (Å²) in [7, 11) is 0. The van der Waals surface area contributed by atoms with Gasteiger partial charge in [-0.3, -0.25) is 0 Å². The first-order valence-corrected chi connectivity index (χ1v) is 1.84. The molecule has 0 bridgehead atoms. The van der Waals surface area contributed by atoms with Crippen molar-refractivity contribution in [2.24, 2.45) is 0 Å². The summed E-state index contributed by atoms with van der Waals surface area (Å²) in [5.74, 6) is 0. The number of hydrogen-bond donors (Lipinski definition) is 0. The fraction of sp³-hybridized carbons (Fsp3) is 0. The van der Waals surface area contributed by atoms with Crippen LogP contribution in [-0.4, -0.2) is 18.5 Å². The predicted octanol–water partition coefficient (Wildman–Crippen LogP) is -7.35. The van der Waals surface area contributed by atoms with Gasteiger partial charge in [-0.05, 0) is 18.5 Å². The van der Waals surface area contributed by atoms with Gasteiger partial charge in [0.2, 0.25) is 0 Å². The van der Waals surface area contributed by atoms with Gasteiger partial charge in [-0.2, -0.15) is 0 Å². The van der Waals surface area contributed by atoms with Crippen molar-refractivity contribution in [2.45, 2.75) is 0 Å². The molecule has 0 aromatic heterocycles. The van der Waals surface area contributed by atoms with E-state index in [1.807, 2.05) is 0 Å². The van der Waals surface area contributed by atoms with Gasteiger partial charge in [0.15, 0.2) is 0 Å². The van der Waals surface area contributed by atoms with Gasteiger partial charge >= 0.3 is 53.3 Å². The molecule has 0 unspecified atom stereocenters. The summed E-state index contributed by atoms with van der Waals surface area (Å²) >= 11 is 0. The molecule has 0 aromatic rings. The zero-order valence-corrected chi connectivity index (χ0v) is 11.5. The van der Waals surface area contributed by atoms with Crippen LogP contribution in [0.4, 0.5) is 14.4 Å². The maximum Gasteiger partial charge on any atom is 2.00 e. The zero-order valence-electron chi connectivity index (χ0n) is 6.52. The normalized spacial score (nSPS) is 4.80. The molecular weight excluding hydrogens is 368 g/mol. The number of carbonyl (C=O) groups excluding carboxylic acids is 3. The van der Waals surface area contributed by atoms with E-state index in [1.165, 1.54) is 0 Å². The fourth-order valence-corrected chi connectivity index (χ4v) is 0. The minimum absolute atomic E-state index is 0. The van der Waals surface area contributed by atoms with Crippen molar-refractivity contribution in [1.82, 2.24) is 0 Å². The van der Waals surface area contributed by atoms with Crippen LogP contribution in [0.25, 0.3) is 0 Å². The van der Waals surface area contributed by atoms with Crippen LogP contribution in [0, 0.1) is 0 Å². The van der Waals surface area contributed by atoms with Crippen molar-refractivity contribution in [3.8, 4) is 0 Å². The molecule has 0 aliphatic heterocycles. The number of rotatable bonds is 0. The largest absolute Gasteiger partial charge is 2.00 e. The van der Waals surface area contributed by atoms with E-state index in [4.69, 9.17) is 45.0 Å². The molecule has 0 saturated carbocycles. The number of hydrogen-bond acceptors (Lipinski definition) is 9. The second-order valence-electron chi connectivity index (χ2n) is 0.750. The van der Waals surface area contributed by atoms with Gasteiger partial charge in [0, 0.05) is 0 Å². The fourth-order valence-electron chi connectivity index (χ4n) is 0. The summed E-state index contributed by atoms with van der Waals surface area (Å²) in [6, 6.07) is 0. The Hall–Kier alpha value is -0.541. The van der Waals surface area contributed by atoms with Gasteiger partial charge in [-0.15, -0.1) is 0 Å². The molecule has 0 rings (SSSR count). The van der Waals surface area contributed by atoms with E-state index in [9.17, 15) is 0 Å². The topological polar surface area (TPSA) is 190 Å². The van der Waals surface area contributed by atoms with E-state index in [0.29, 0.717) is 0 Å². The Morgan fingerprint density at radius 1 is 0.600 bits per heavy atom. The molecule has 2 radical (unpaired) electrons. The standard InChI is InChI=1S/3CH2O3.Co.Cu.Zn/c3*2-1(3)4;;;/h3*(H2,2,3,4);;;/q;;;3*+2/p-6. The Labute approximate surface area is 117 Å². The average Bonchev–Trinajstić information content (AvgIpc) is 1.54. The van der Waals surface area contributed by atoms with Crippen LogP contribution in [-0.2, 0) is 53.3 Å². The van der Waals surface area contributed by atoms with Gasteiger partial charge < -0.3 is 45.0 Å². The van der Waals surface area contributed by atoms with Gasteiger partial charge in [0.25, 0.3) is 0 Å². The summed E-state index contributed by atoms with van der Waals surface area (Å²) in [5, 5.41) is 50.0. The van der Waals surface area contributed by atoms with Crippen LogP contribution >= 0.6 is 0 Å². The monoisotopic (exact) mass is 366 g/mol. The van der Waals surface area contributed by atoms with Gasteiger partial charge in [-0.25, -0.2) is 0 Å². The van der Waals surface area contributed by atoms with Gasteiger partial charge in [-0.1, -0.05) is 0 Å². The Morgan fingerprint density at radius 2 is 0.600 bits per heavy atom. The Balaban J connectivity index is -0.0000000184. The van der Waals surface area contributed by atoms with Crippen LogP contribution in [0.15, 0.2) is 0 Å². The van der Waals surface area contributed by atoms with Crippen molar-refractivity contribution in [3.63, 3.8) is 0 Å². The third-order valence-electron chi connectivity index (χ3n) is 0. The predicted molar refractivity (Wildman–Crippen MR) is 16.2 cm³/mol. The van der Waals surface area contributed by atoms with E-state index < -0.39 is 18.5 Å². The molecule has 0 N–H and O–H groups in total. The van der Waals surface area contributed by atoms with E-state index >= 15 is 0 Å². The molecule has 0 amide bonds. The van der Waals surface area contributed by atoms with Crippen LogP contribution < -0.4 is 30.6 Å². The van der Waals surface area contributed by atoms with Gasteiger partial charge in [0.1, 0.15) is 0 Å². The van der Waals surface area contributed by atoms with Crippen molar-refractivity contribution in [2.75, 3.05) is 0 Å². The third kappa shape index (κ3) is 6050. The maximum atomic E-state index is 8.33. The minimum atomic E-state index is -2.33. The molecule has 88 valence electrons. The van der Waals surface area contributed by atoms with E-state index in [-0.39, 0.29) is 53.3 Å². The van der Waals surface area contributed by atoms with Crippen molar-refractivity contribution in [3.05, 3.63) is 0 Å². The molecule has 0 fully saturated rings. The van der Waals surface area contributed by atoms with Crippen molar-refractivity contribution < 1.29 is 98.3 Å². The van der Waals surface area contributed by atoms with E-state index in [0.717, 1.165) is 0 Å².